The van der Waals surface area contributed by atoms with Crippen LogP contribution in [0.5, 0.6) is 0 Å². The van der Waals surface area contributed by atoms with Gasteiger partial charge in [0.05, 0.1) is 0 Å². The molecular weight excluding hydrogens is 160 g/mol. The van der Waals surface area contributed by atoms with Gasteiger partial charge >= 0.3 is 0 Å². The van der Waals surface area contributed by atoms with Gasteiger partial charge in [0, 0.05) is 13.2 Å². The SMILES string of the molecule is CC(C)C(C(C)C)C1CCCOC1. The average molecular weight is 184 g/mol. The molecule has 1 atom stereocenters. The standard InChI is InChI=1S/C12H24O/c1-9(2)12(10(3)4)11-6-5-7-13-8-11/h9-12H,5-8H2,1-4H3. The number of hydrogen-bond acceptors (Lipinski definition) is 1. The molecule has 13 heavy (non-hydrogen) atoms. The van der Waals surface area contributed by atoms with E-state index in [2.05, 4.69) is 27.7 Å². The third-order valence-corrected chi connectivity index (χ3v) is 3.28. The summed E-state index contributed by atoms with van der Waals surface area (Å²) < 4.78 is 5.56. The van der Waals surface area contributed by atoms with E-state index in [0.717, 1.165) is 36.9 Å². The highest BCUT2D eigenvalue weighted by Gasteiger charge is 2.28. The molecule has 1 nitrogen and oxygen atoms in total. The van der Waals surface area contributed by atoms with Crippen LogP contribution in [-0.4, -0.2) is 13.2 Å². The normalized spacial score (nSPS) is 24.7. The predicted octanol–water partition coefficient (Wildman–Crippen LogP) is 3.34. The number of ether oxygens (including phenoxy) is 1. The van der Waals surface area contributed by atoms with Gasteiger partial charge in [-0.15, -0.1) is 0 Å². The number of hydrogen-bond donors (Lipinski definition) is 0. The molecule has 0 bridgehead atoms. The minimum atomic E-state index is 0.798. The van der Waals surface area contributed by atoms with Crippen molar-refractivity contribution in [3.05, 3.63) is 0 Å². The van der Waals surface area contributed by atoms with Gasteiger partial charge in [-0.2, -0.15) is 0 Å². The Morgan fingerprint density at radius 1 is 1.08 bits per heavy atom. The molecule has 1 heteroatoms. The highest BCUT2D eigenvalue weighted by Crippen LogP contribution is 2.33. The molecule has 1 rings (SSSR count). The zero-order valence-corrected chi connectivity index (χ0v) is 9.55. The van der Waals surface area contributed by atoms with Crippen LogP contribution >= 0.6 is 0 Å². The molecule has 1 aliphatic rings. The smallest absolute Gasteiger partial charge is 0.0497 e. The Labute approximate surface area is 82.9 Å². The molecule has 0 spiro atoms. The predicted molar refractivity (Wildman–Crippen MR) is 56.7 cm³/mol. The summed E-state index contributed by atoms with van der Waals surface area (Å²) in [4.78, 5) is 0. The van der Waals surface area contributed by atoms with Gasteiger partial charge in [-0.1, -0.05) is 27.7 Å². The van der Waals surface area contributed by atoms with Crippen LogP contribution < -0.4 is 0 Å². The van der Waals surface area contributed by atoms with Gasteiger partial charge in [0.15, 0.2) is 0 Å². The molecule has 0 aromatic heterocycles. The van der Waals surface area contributed by atoms with E-state index < -0.39 is 0 Å². The van der Waals surface area contributed by atoms with Crippen molar-refractivity contribution in [2.45, 2.75) is 40.5 Å². The second-order valence-electron chi connectivity index (χ2n) is 5.04. The first-order valence-corrected chi connectivity index (χ1v) is 5.70. The van der Waals surface area contributed by atoms with Gasteiger partial charge in [-0.25, -0.2) is 0 Å². The minimum absolute atomic E-state index is 0.798. The molecule has 0 radical (unpaired) electrons. The van der Waals surface area contributed by atoms with Crippen molar-refractivity contribution in [3.8, 4) is 0 Å². The van der Waals surface area contributed by atoms with Gasteiger partial charge in [0.2, 0.25) is 0 Å². The highest BCUT2D eigenvalue weighted by atomic mass is 16.5. The summed E-state index contributed by atoms with van der Waals surface area (Å²) >= 11 is 0. The molecular formula is C12H24O. The highest BCUT2D eigenvalue weighted by molar-refractivity contribution is 4.77. The Bertz CT molecular complexity index is 126. The molecule has 0 saturated carbocycles. The summed E-state index contributed by atoms with van der Waals surface area (Å²) in [5, 5.41) is 0. The Kier molecular flexibility index (Phi) is 4.24. The Morgan fingerprint density at radius 2 is 1.69 bits per heavy atom. The van der Waals surface area contributed by atoms with E-state index in [9.17, 15) is 0 Å². The lowest BCUT2D eigenvalue weighted by Crippen LogP contribution is -2.31. The van der Waals surface area contributed by atoms with Crippen molar-refractivity contribution in [3.63, 3.8) is 0 Å². The molecule has 1 aliphatic heterocycles. The fourth-order valence-corrected chi connectivity index (χ4v) is 2.93. The zero-order chi connectivity index (χ0) is 9.84. The van der Waals surface area contributed by atoms with E-state index in [-0.39, 0.29) is 0 Å². The van der Waals surface area contributed by atoms with Crippen LogP contribution in [0.3, 0.4) is 0 Å². The average Bonchev–Trinajstić information content (AvgIpc) is 2.04. The summed E-state index contributed by atoms with van der Waals surface area (Å²) in [5.41, 5.74) is 0. The monoisotopic (exact) mass is 184 g/mol. The van der Waals surface area contributed by atoms with E-state index in [4.69, 9.17) is 4.74 Å². The van der Waals surface area contributed by atoms with E-state index in [1.165, 1.54) is 12.8 Å². The van der Waals surface area contributed by atoms with Gasteiger partial charge < -0.3 is 4.74 Å². The van der Waals surface area contributed by atoms with Gasteiger partial charge in [0.25, 0.3) is 0 Å². The Morgan fingerprint density at radius 3 is 2.08 bits per heavy atom. The van der Waals surface area contributed by atoms with Crippen LogP contribution in [0, 0.1) is 23.7 Å². The topological polar surface area (TPSA) is 9.23 Å². The van der Waals surface area contributed by atoms with Crippen molar-refractivity contribution < 1.29 is 4.74 Å². The summed E-state index contributed by atoms with van der Waals surface area (Å²) in [7, 11) is 0. The van der Waals surface area contributed by atoms with E-state index in [0.29, 0.717) is 0 Å². The fraction of sp³-hybridized carbons (Fsp3) is 1.00. The number of rotatable bonds is 3. The fourth-order valence-electron chi connectivity index (χ4n) is 2.93. The third-order valence-electron chi connectivity index (χ3n) is 3.28. The molecule has 1 fully saturated rings. The first-order chi connectivity index (χ1) is 6.13. The van der Waals surface area contributed by atoms with Crippen LogP contribution in [0.15, 0.2) is 0 Å². The summed E-state index contributed by atoms with van der Waals surface area (Å²) in [6.45, 7) is 11.4. The lowest BCUT2D eigenvalue weighted by Gasteiger charge is -2.35. The van der Waals surface area contributed by atoms with Crippen molar-refractivity contribution in [1.82, 2.24) is 0 Å². The Balaban J connectivity index is 2.52. The quantitative estimate of drug-likeness (QED) is 0.653. The summed E-state index contributed by atoms with van der Waals surface area (Å²) in [5.74, 6) is 3.26. The van der Waals surface area contributed by atoms with Crippen molar-refractivity contribution in [1.29, 1.82) is 0 Å². The second kappa shape index (κ2) is 4.99. The molecule has 0 N–H and O–H groups in total. The van der Waals surface area contributed by atoms with Crippen LogP contribution in [0.25, 0.3) is 0 Å². The lowest BCUT2D eigenvalue weighted by molar-refractivity contribution is 0.00737. The van der Waals surface area contributed by atoms with Crippen molar-refractivity contribution >= 4 is 0 Å². The maximum absolute atomic E-state index is 5.56. The maximum atomic E-state index is 5.56. The zero-order valence-electron chi connectivity index (χ0n) is 9.55. The first kappa shape index (κ1) is 11.0. The molecule has 0 aromatic carbocycles. The van der Waals surface area contributed by atoms with Crippen LogP contribution in [-0.2, 0) is 4.74 Å². The van der Waals surface area contributed by atoms with Gasteiger partial charge in [-0.3, -0.25) is 0 Å². The van der Waals surface area contributed by atoms with E-state index >= 15 is 0 Å². The van der Waals surface area contributed by atoms with Crippen LogP contribution in [0.4, 0.5) is 0 Å². The first-order valence-electron chi connectivity index (χ1n) is 5.70. The second-order valence-corrected chi connectivity index (χ2v) is 5.04. The summed E-state index contributed by atoms with van der Waals surface area (Å²) in [6.07, 6.45) is 2.64. The minimum Gasteiger partial charge on any atom is -0.381 e. The molecule has 1 unspecified atom stereocenters. The lowest BCUT2D eigenvalue weighted by atomic mass is 9.74. The maximum Gasteiger partial charge on any atom is 0.0497 e. The van der Waals surface area contributed by atoms with Crippen molar-refractivity contribution in [2.24, 2.45) is 23.7 Å². The van der Waals surface area contributed by atoms with Gasteiger partial charge in [0.1, 0.15) is 0 Å². The largest absolute Gasteiger partial charge is 0.381 e. The van der Waals surface area contributed by atoms with Crippen molar-refractivity contribution in [2.75, 3.05) is 13.2 Å². The van der Waals surface area contributed by atoms with E-state index in [1.54, 1.807) is 0 Å². The third kappa shape index (κ3) is 2.98. The molecule has 0 aliphatic carbocycles. The molecule has 1 saturated heterocycles. The van der Waals surface area contributed by atoms with Crippen LogP contribution in [0.1, 0.15) is 40.5 Å². The molecule has 78 valence electrons. The molecule has 0 amide bonds. The molecule has 0 aromatic rings. The van der Waals surface area contributed by atoms with E-state index in [1.807, 2.05) is 0 Å². The van der Waals surface area contributed by atoms with Crippen LogP contribution in [0.2, 0.25) is 0 Å². The van der Waals surface area contributed by atoms with Gasteiger partial charge in [-0.05, 0) is 36.5 Å². The Hall–Kier alpha value is -0.0400. The molecule has 1 heterocycles. The summed E-state index contributed by atoms with van der Waals surface area (Å²) in [6, 6.07) is 0.